The zero-order valence-corrected chi connectivity index (χ0v) is 40.3. The van der Waals surface area contributed by atoms with Crippen LogP contribution >= 0.6 is 0 Å². The zero-order chi connectivity index (χ0) is 48.8. The number of fused-ring (bicyclic) bond motifs is 2. The quantitative estimate of drug-likeness (QED) is 0.0348. The fraction of sp³-hybridized carbons (Fsp3) is 0.436. The van der Waals surface area contributed by atoms with Crippen LogP contribution in [0.4, 0.5) is 10.5 Å². The topological polar surface area (TPSA) is 167 Å². The summed E-state index contributed by atoms with van der Waals surface area (Å²) in [4.78, 5) is 36.9. The molecule has 0 saturated heterocycles. The molecule has 2 amide bonds. The fourth-order valence-corrected chi connectivity index (χ4v) is 10.4. The van der Waals surface area contributed by atoms with E-state index in [9.17, 15) is 15.0 Å². The van der Waals surface area contributed by atoms with E-state index in [1.165, 1.54) is 7.11 Å². The Morgan fingerprint density at radius 1 is 0.870 bits per heavy atom. The van der Waals surface area contributed by atoms with E-state index in [-0.39, 0.29) is 68.7 Å². The average Bonchev–Trinajstić information content (AvgIpc) is 3.36. The molecule has 3 aliphatic rings. The SMILES string of the molecule is C=CCO[C@@]12Oc3ccc(OC(=O)Nc4ccc(OC)cc4OC)cc3[C@H]3[C@H](CCCCO)[C@@H](CCCCO)C=C(C(=NOCc4ccccc4)C[C@@H]1N(CCC)C(=O)Cc1cccc(OC)c1)[C@H]32. The van der Waals surface area contributed by atoms with Crippen LogP contribution in [0.5, 0.6) is 28.7 Å². The summed E-state index contributed by atoms with van der Waals surface area (Å²) in [5.41, 5.74) is 4.56. The van der Waals surface area contributed by atoms with Crippen LogP contribution in [-0.4, -0.2) is 92.3 Å². The number of rotatable bonds is 24. The van der Waals surface area contributed by atoms with E-state index in [0.29, 0.717) is 60.2 Å². The lowest BCUT2D eigenvalue weighted by Gasteiger charge is -2.60. The van der Waals surface area contributed by atoms with Gasteiger partial charge in [0, 0.05) is 43.7 Å². The summed E-state index contributed by atoms with van der Waals surface area (Å²) >= 11 is 0. The van der Waals surface area contributed by atoms with Crippen LogP contribution < -0.4 is 29.0 Å². The lowest BCUT2D eigenvalue weighted by molar-refractivity contribution is -0.257. The molecule has 14 nitrogen and oxygen atoms in total. The Kier molecular flexibility index (Phi) is 17.8. The van der Waals surface area contributed by atoms with Crippen LogP contribution in [0.2, 0.25) is 0 Å². The van der Waals surface area contributed by atoms with Crippen molar-refractivity contribution in [2.75, 3.05) is 53.0 Å². The first-order valence-electron chi connectivity index (χ1n) is 24.1. The number of allylic oxidation sites excluding steroid dienone is 1. The number of hydrogen-bond acceptors (Lipinski definition) is 12. The predicted molar refractivity (Wildman–Crippen MR) is 264 cm³/mol. The standard InChI is InChI=1S/C55H67N3O11/c1-6-26-58(51(61)31-38-18-15-20-40(30-38)63-3)50-35-47(57-67-36-37-16-9-8-10-17-37)44-32-39(19-11-13-27-59)43(21-12-14-28-60)52-45-33-42(23-25-48(45)69-55(50,53(44)52)66-29-7-2)68-54(62)56-46-24-22-41(64-4)34-49(46)65-5/h7-10,15-18,20,22-25,30,32-34,39,43,50,52-53,59-60H,2,6,11-14,19,21,26-29,31,35-36H2,1,3-5H3,(H,56,62)/t39-,43+,50-,52+,53+,55+/m0/s1. The summed E-state index contributed by atoms with van der Waals surface area (Å²) in [6.45, 7) is 6.98. The molecule has 1 heterocycles. The van der Waals surface area contributed by atoms with Crippen molar-refractivity contribution in [3.8, 4) is 28.7 Å². The van der Waals surface area contributed by atoms with Crippen molar-refractivity contribution in [3.05, 3.63) is 132 Å². The van der Waals surface area contributed by atoms with Crippen molar-refractivity contribution >= 4 is 23.4 Å². The van der Waals surface area contributed by atoms with Gasteiger partial charge < -0.3 is 48.4 Å². The number of benzene rings is 4. The maximum absolute atomic E-state index is 15.0. The van der Waals surface area contributed by atoms with Crippen LogP contribution in [-0.2, 0) is 27.4 Å². The highest BCUT2D eigenvalue weighted by Crippen LogP contribution is 2.62. The molecule has 368 valence electrons. The molecule has 14 heteroatoms. The Morgan fingerprint density at radius 3 is 2.33 bits per heavy atom. The average molecular weight is 946 g/mol. The summed E-state index contributed by atoms with van der Waals surface area (Å²) in [5.74, 6) is -0.0286. The van der Waals surface area contributed by atoms with Gasteiger partial charge in [0.1, 0.15) is 41.4 Å². The molecule has 1 aliphatic heterocycles. The molecule has 0 aromatic heterocycles. The maximum Gasteiger partial charge on any atom is 0.417 e. The van der Waals surface area contributed by atoms with Gasteiger partial charge in [0.25, 0.3) is 0 Å². The molecule has 1 fully saturated rings. The number of hydrogen-bond donors (Lipinski definition) is 3. The number of nitrogens with one attached hydrogen (secondary N) is 1. The largest absolute Gasteiger partial charge is 0.497 e. The number of ether oxygens (including phenoxy) is 6. The van der Waals surface area contributed by atoms with E-state index in [4.69, 9.17) is 38.4 Å². The minimum atomic E-state index is -1.45. The minimum absolute atomic E-state index is 0.00210. The van der Waals surface area contributed by atoms with E-state index < -0.39 is 23.8 Å². The molecule has 1 saturated carbocycles. The minimum Gasteiger partial charge on any atom is -0.497 e. The lowest BCUT2D eigenvalue weighted by Crippen LogP contribution is -2.70. The van der Waals surface area contributed by atoms with E-state index in [0.717, 1.165) is 47.9 Å². The molecule has 69 heavy (non-hydrogen) atoms. The van der Waals surface area contributed by atoms with Crippen LogP contribution in [0.3, 0.4) is 0 Å². The second kappa shape index (κ2) is 24.3. The Morgan fingerprint density at radius 2 is 1.61 bits per heavy atom. The number of amides is 2. The lowest BCUT2D eigenvalue weighted by atomic mass is 9.55. The molecule has 4 aromatic rings. The van der Waals surface area contributed by atoms with Gasteiger partial charge in [-0.3, -0.25) is 10.1 Å². The fourth-order valence-electron chi connectivity index (χ4n) is 10.4. The number of aliphatic hydroxyl groups is 2. The number of unbranched alkanes of at least 4 members (excludes halogenated alkanes) is 2. The Hall–Kier alpha value is -6.35. The Balaban J connectivity index is 1.39. The third-order valence-corrected chi connectivity index (χ3v) is 13.4. The molecule has 6 atom stereocenters. The first-order valence-corrected chi connectivity index (χ1v) is 24.1. The Labute approximate surface area is 405 Å². The van der Waals surface area contributed by atoms with E-state index in [1.54, 1.807) is 44.6 Å². The molecule has 4 aromatic carbocycles. The highest BCUT2D eigenvalue weighted by molar-refractivity contribution is 6.03. The number of aliphatic hydroxyl groups excluding tert-OH is 2. The molecule has 7 rings (SSSR count). The predicted octanol–water partition coefficient (Wildman–Crippen LogP) is 9.64. The van der Waals surface area contributed by atoms with Crippen molar-refractivity contribution < 1.29 is 53.1 Å². The monoisotopic (exact) mass is 945 g/mol. The summed E-state index contributed by atoms with van der Waals surface area (Å²) in [6.07, 6.45) is 8.59. The number of carbonyl (C=O) groups excluding carboxylic acids is 2. The Bertz CT molecular complexity index is 2420. The molecule has 0 spiro atoms. The number of carbonyl (C=O) groups is 2. The first-order chi connectivity index (χ1) is 33.7. The molecule has 3 N–H and O–H groups in total. The number of nitrogens with zero attached hydrogens (tertiary/aromatic N) is 2. The summed E-state index contributed by atoms with van der Waals surface area (Å²) in [5, 5.41) is 27.8. The summed E-state index contributed by atoms with van der Waals surface area (Å²) in [7, 11) is 4.67. The third-order valence-electron chi connectivity index (χ3n) is 13.4. The first kappa shape index (κ1) is 50.5. The number of methoxy groups -OCH3 is 3. The van der Waals surface area contributed by atoms with E-state index in [2.05, 4.69) is 18.0 Å². The summed E-state index contributed by atoms with van der Waals surface area (Å²) in [6, 6.07) is 27.1. The highest BCUT2D eigenvalue weighted by Gasteiger charge is 2.65. The maximum atomic E-state index is 15.0. The number of anilines is 1. The zero-order valence-electron chi connectivity index (χ0n) is 40.3. The van der Waals surface area contributed by atoms with Gasteiger partial charge in [-0.15, -0.1) is 6.58 Å². The van der Waals surface area contributed by atoms with Crippen LogP contribution in [0.15, 0.2) is 120 Å². The molecular formula is C55H67N3O11. The van der Waals surface area contributed by atoms with Crippen LogP contribution in [0.25, 0.3) is 0 Å². The van der Waals surface area contributed by atoms with Gasteiger partial charge in [0.05, 0.1) is 51.7 Å². The molecule has 0 unspecified atom stereocenters. The normalized spacial score (nSPS) is 21.7. The summed E-state index contributed by atoms with van der Waals surface area (Å²) < 4.78 is 37.0. The van der Waals surface area contributed by atoms with Gasteiger partial charge in [-0.2, -0.15) is 0 Å². The van der Waals surface area contributed by atoms with E-state index >= 15 is 4.79 Å². The van der Waals surface area contributed by atoms with E-state index in [1.807, 2.05) is 78.6 Å². The van der Waals surface area contributed by atoms with Gasteiger partial charge in [0.2, 0.25) is 11.7 Å². The van der Waals surface area contributed by atoms with Crippen molar-refractivity contribution in [1.29, 1.82) is 0 Å². The van der Waals surface area contributed by atoms with Crippen molar-refractivity contribution in [1.82, 2.24) is 4.90 Å². The van der Waals surface area contributed by atoms with Crippen molar-refractivity contribution in [2.45, 2.75) is 89.1 Å². The van der Waals surface area contributed by atoms with Gasteiger partial charge in [-0.05, 0) is 103 Å². The van der Waals surface area contributed by atoms with Crippen molar-refractivity contribution in [3.63, 3.8) is 0 Å². The molecule has 0 bridgehead atoms. The number of oxime groups is 1. The third kappa shape index (κ3) is 11.7. The highest BCUT2D eigenvalue weighted by atomic mass is 16.7. The molecular weight excluding hydrogens is 879 g/mol. The smallest absolute Gasteiger partial charge is 0.417 e. The van der Waals surface area contributed by atoms with Gasteiger partial charge in [-0.1, -0.05) is 79.5 Å². The van der Waals surface area contributed by atoms with Gasteiger partial charge in [-0.25, -0.2) is 4.79 Å². The van der Waals surface area contributed by atoms with Gasteiger partial charge >= 0.3 is 6.09 Å². The second-order valence-corrected chi connectivity index (χ2v) is 17.7. The molecule has 0 radical (unpaired) electrons. The van der Waals surface area contributed by atoms with Gasteiger partial charge in [0.15, 0.2) is 0 Å². The van der Waals surface area contributed by atoms with Crippen LogP contribution in [0, 0.1) is 17.8 Å². The second-order valence-electron chi connectivity index (χ2n) is 17.7. The van der Waals surface area contributed by atoms with Crippen molar-refractivity contribution in [2.24, 2.45) is 22.9 Å². The molecule has 2 aliphatic carbocycles. The van der Waals surface area contributed by atoms with Crippen LogP contribution in [0.1, 0.15) is 80.9 Å².